The molecule has 0 aromatic heterocycles. The molecule has 0 radical (unpaired) electrons. The highest BCUT2D eigenvalue weighted by molar-refractivity contribution is 7.57. The fraction of sp³-hybridized carbons (Fsp3) is 0.500. The Labute approximate surface area is 125 Å². The lowest BCUT2D eigenvalue weighted by Crippen LogP contribution is -2.30. The summed E-state index contributed by atoms with van der Waals surface area (Å²) in [6.45, 7) is 4.12. The van der Waals surface area contributed by atoms with Gasteiger partial charge in [0.15, 0.2) is 0 Å². The molecule has 3 atom stereocenters. The molecule has 118 valence electrons. The van der Waals surface area contributed by atoms with E-state index in [1.165, 1.54) is 0 Å². The Balaban J connectivity index is 2.74. The number of rotatable bonds is 10. The molecule has 0 saturated carbocycles. The SMILES string of the molecule is CNC[C@@H](C)OCP(=O)(N[C@@H](C)C=O)Oc1ccccc1. The molecule has 7 heteroatoms. The summed E-state index contributed by atoms with van der Waals surface area (Å²) in [5.41, 5.74) is 0. The maximum absolute atomic E-state index is 12.8. The summed E-state index contributed by atoms with van der Waals surface area (Å²) in [5, 5.41) is 5.68. The third-order valence-corrected chi connectivity index (χ3v) is 4.42. The van der Waals surface area contributed by atoms with Crippen molar-refractivity contribution in [3.8, 4) is 5.75 Å². The second-order valence-corrected chi connectivity index (χ2v) is 6.84. The van der Waals surface area contributed by atoms with E-state index in [4.69, 9.17) is 9.26 Å². The van der Waals surface area contributed by atoms with Gasteiger partial charge in [0.1, 0.15) is 18.4 Å². The smallest absolute Gasteiger partial charge is 0.342 e. The van der Waals surface area contributed by atoms with Gasteiger partial charge in [-0.05, 0) is 33.0 Å². The molecule has 0 heterocycles. The van der Waals surface area contributed by atoms with Gasteiger partial charge in [0, 0.05) is 6.54 Å². The molecule has 1 rings (SSSR count). The molecule has 1 unspecified atom stereocenters. The molecule has 2 N–H and O–H groups in total. The van der Waals surface area contributed by atoms with Crippen molar-refractivity contribution in [2.24, 2.45) is 0 Å². The van der Waals surface area contributed by atoms with Gasteiger partial charge in [-0.2, -0.15) is 0 Å². The van der Waals surface area contributed by atoms with Crippen LogP contribution in [0.4, 0.5) is 0 Å². The van der Waals surface area contributed by atoms with Crippen LogP contribution in [0.1, 0.15) is 13.8 Å². The Kier molecular flexibility index (Phi) is 7.61. The molecule has 6 nitrogen and oxygen atoms in total. The number of hydrogen-bond acceptors (Lipinski definition) is 5. The Bertz CT molecular complexity index is 469. The van der Waals surface area contributed by atoms with Crippen molar-refractivity contribution in [3.63, 3.8) is 0 Å². The zero-order valence-corrected chi connectivity index (χ0v) is 13.5. The van der Waals surface area contributed by atoms with Gasteiger partial charge >= 0.3 is 7.52 Å². The number of carbonyl (C=O) groups excluding carboxylic acids is 1. The minimum atomic E-state index is -3.32. The first-order valence-corrected chi connectivity index (χ1v) is 8.63. The van der Waals surface area contributed by atoms with E-state index < -0.39 is 13.6 Å². The first kappa shape index (κ1) is 17.9. The van der Waals surface area contributed by atoms with Gasteiger partial charge in [0.2, 0.25) is 0 Å². The van der Waals surface area contributed by atoms with Crippen LogP contribution >= 0.6 is 7.52 Å². The summed E-state index contributed by atoms with van der Waals surface area (Å²) in [7, 11) is -1.51. The van der Waals surface area contributed by atoms with E-state index in [-0.39, 0.29) is 12.5 Å². The van der Waals surface area contributed by atoms with Crippen molar-refractivity contribution in [2.75, 3.05) is 19.9 Å². The van der Waals surface area contributed by atoms with Crippen molar-refractivity contribution < 1.29 is 18.6 Å². The van der Waals surface area contributed by atoms with Crippen LogP contribution in [0.3, 0.4) is 0 Å². The molecule has 0 aliphatic rings. The number of ether oxygens (including phenoxy) is 1. The lowest BCUT2D eigenvalue weighted by Gasteiger charge is -2.23. The second kappa shape index (κ2) is 8.95. The van der Waals surface area contributed by atoms with Crippen molar-refractivity contribution in [2.45, 2.75) is 26.0 Å². The van der Waals surface area contributed by atoms with Crippen molar-refractivity contribution in [3.05, 3.63) is 30.3 Å². The molecule has 0 amide bonds. The monoisotopic (exact) mass is 314 g/mol. The summed E-state index contributed by atoms with van der Waals surface area (Å²) >= 11 is 0. The quantitative estimate of drug-likeness (QED) is 0.508. The number of hydrogen-bond donors (Lipinski definition) is 2. The van der Waals surface area contributed by atoms with Crippen LogP contribution < -0.4 is 14.9 Å². The zero-order valence-electron chi connectivity index (χ0n) is 12.6. The number of aldehydes is 1. The average Bonchev–Trinajstić information content (AvgIpc) is 2.46. The minimum absolute atomic E-state index is 0.108. The van der Waals surface area contributed by atoms with Crippen LogP contribution in [0, 0.1) is 0 Å². The van der Waals surface area contributed by atoms with Crippen molar-refractivity contribution in [1.29, 1.82) is 0 Å². The van der Waals surface area contributed by atoms with E-state index in [0.717, 1.165) is 0 Å². The predicted octanol–water partition coefficient (Wildman–Crippen LogP) is 2.02. The average molecular weight is 314 g/mol. The lowest BCUT2D eigenvalue weighted by atomic mass is 10.3. The summed E-state index contributed by atoms with van der Waals surface area (Å²) in [4.78, 5) is 10.8. The number of benzene rings is 1. The maximum atomic E-state index is 12.8. The molecule has 21 heavy (non-hydrogen) atoms. The van der Waals surface area contributed by atoms with Crippen LogP contribution in [0.25, 0.3) is 0 Å². The van der Waals surface area contributed by atoms with E-state index in [9.17, 15) is 9.36 Å². The Morgan fingerprint density at radius 2 is 1.95 bits per heavy atom. The van der Waals surface area contributed by atoms with E-state index in [1.54, 1.807) is 31.2 Å². The molecule has 0 saturated heterocycles. The highest BCUT2D eigenvalue weighted by Crippen LogP contribution is 2.43. The third-order valence-electron chi connectivity index (χ3n) is 2.62. The molecule has 1 aromatic rings. The van der Waals surface area contributed by atoms with Gasteiger partial charge in [-0.25, -0.2) is 5.09 Å². The van der Waals surface area contributed by atoms with Gasteiger partial charge < -0.3 is 19.4 Å². The van der Waals surface area contributed by atoms with Gasteiger partial charge in [0.25, 0.3) is 0 Å². The Hall–Kier alpha value is -1.20. The van der Waals surface area contributed by atoms with Crippen molar-refractivity contribution in [1.82, 2.24) is 10.4 Å². The summed E-state index contributed by atoms with van der Waals surface area (Å²) in [6.07, 6.45) is 0.456. The molecule has 0 aliphatic carbocycles. The minimum Gasteiger partial charge on any atom is -0.431 e. The topological polar surface area (TPSA) is 76.7 Å². The van der Waals surface area contributed by atoms with E-state index in [0.29, 0.717) is 18.6 Å². The summed E-state index contributed by atoms with van der Waals surface area (Å²) in [5.74, 6) is 0.469. The zero-order chi connectivity index (χ0) is 15.7. The lowest BCUT2D eigenvalue weighted by molar-refractivity contribution is -0.108. The highest BCUT2D eigenvalue weighted by atomic mass is 31.2. The van der Waals surface area contributed by atoms with E-state index in [1.807, 2.05) is 20.0 Å². The number of nitrogens with one attached hydrogen (secondary N) is 2. The Morgan fingerprint density at radius 3 is 2.52 bits per heavy atom. The molecular weight excluding hydrogens is 291 g/mol. The van der Waals surface area contributed by atoms with Crippen molar-refractivity contribution >= 4 is 13.8 Å². The molecular formula is C14H23N2O4P. The van der Waals surface area contributed by atoms with Crippen LogP contribution in [-0.2, 0) is 14.1 Å². The van der Waals surface area contributed by atoms with Crippen LogP contribution in [0.2, 0.25) is 0 Å². The molecule has 0 bridgehead atoms. The van der Waals surface area contributed by atoms with Crippen LogP contribution in [0.15, 0.2) is 30.3 Å². The molecule has 0 fully saturated rings. The summed E-state index contributed by atoms with van der Waals surface area (Å²) in [6, 6.07) is 8.24. The fourth-order valence-corrected chi connectivity index (χ4v) is 3.43. The normalized spacial score (nSPS) is 16.7. The molecule has 0 spiro atoms. The largest absolute Gasteiger partial charge is 0.431 e. The molecule has 0 aliphatic heterocycles. The summed E-state index contributed by atoms with van der Waals surface area (Å²) < 4.78 is 23.9. The van der Waals surface area contributed by atoms with E-state index in [2.05, 4.69) is 10.4 Å². The maximum Gasteiger partial charge on any atom is 0.342 e. The predicted molar refractivity (Wildman–Crippen MR) is 82.7 cm³/mol. The highest BCUT2D eigenvalue weighted by Gasteiger charge is 2.28. The standard InChI is InChI=1S/C14H23N2O4P/c1-12(10-17)16-21(18,11-19-13(2)9-15-3)20-14-7-5-4-6-8-14/h4-8,10,12-13,15H,9,11H2,1-3H3,(H,16,18)/t12-,13+,21?/m0/s1. The number of likely N-dealkylation sites (N-methyl/N-ethyl adjacent to an activating group) is 1. The number of para-hydroxylation sites is 1. The second-order valence-electron chi connectivity index (χ2n) is 4.80. The van der Waals surface area contributed by atoms with Gasteiger partial charge in [0.05, 0.1) is 12.1 Å². The first-order chi connectivity index (χ1) is 9.99. The fourth-order valence-electron chi connectivity index (χ4n) is 1.65. The molecule has 1 aromatic carbocycles. The Morgan fingerprint density at radius 1 is 1.29 bits per heavy atom. The first-order valence-electron chi connectivity index (χ1n) is 6.82. The van der Waals surface area contributed by atoms with Crippen LogP contribution in [0.5, 0.6) is 5.75 Å². The third kappa shape index (κ3) is 6.87. The number of carbonyl (C=O) groups is 1. The van der Waals surface area contributed by atoms with Crippen LogP contribution in [-0.4, -0.2) is 38.4 Å². The van der Waals surface area contributed by atoms with Gasteiger partial charge in [-0.1, -0.05) is 18.2 Å². The van der Waals surface area contributed by atoms with Gasteiger partial charge in [-0.15, -0.1) is 0 Å². The van der Waals surface area contributed by atoms with E-state index >= 15 is 0 Å². The van der Waals surface area contributed by atoms with Gasteiger partial charge in [-0.3, -0.25) is 4.57 Å².